The lowest BCUT2D eigenvalue weighted by molar-refractivity contribution is -0.693. The van der Waals surface area contributed by atoms with Gasteiger partial charge in [-0.05, 0) is 42.8 Å². The van der Waals surface area contributed by atoms with Gasteiger partial charge in [0.25, 0.3) is 0 Å². The van der Waals surface area contributed by atoms with E-state index in [-0.39, 0.29) is 30.0 Å². The molecule has 4 N–H and O–H groups in total. The van der Waals surface area contributed by atoms with Gasteiger partial charge in [-0.25, -0.2) is 0 Å². The Labute approximate surface area is 165 Å². The highest BCUT2D eigenvalue weighted by atomic mass is 35.5. The molecule has 148 valence electrons. The highest BCUT2D eigenvalue weighted by Gasteiger charge is 2.20. The molecule has 2 aromatic rings. The first kappa shape index (κ1) is 22.8. The molecule has 6 nitrogen and oxygen atoms in total. The van der Waals surface area contributed by atoms with Crippen molar-refractivity contribution in [2.24, 2.45) is 0 Å². The number of phenols is 1. The first-order valence-electron chi connectivity index (χ1n) is 8.51. The Hall–Kier alpha value is -2.28. The summed E-state index contributed by atoms with van der Waals surface area (Å²) in [7, 11) is 3.08. The number of ether oxygens (including phenoxy) is 2. The number of carbonyl (C=O) groups is 1. The molecule has 0 aliphatic carbocycles. The number of methoxy groups -OCH3 is 2. The van der Waals surface area contributed by atoms with Crippen LogP contribution in [0, 0.1) is 0 Å². The van der Waals surface area contributed by atoms with Gasteiger partial charge in [0, 0.05) is 5.56 Å². The van der Waals surface area contributed by atoms with E-state index in [1.807, 2.05) is 12.2 Å². The Kier molecular flexibility index (Phi) is 9.08. The minimum absolute atomic E-state index is 0. The molecule has 0 radical (unpaired) electrons. The third-order valence-corrected chi connectivity index (χ3v) is 4.35. The van der Waals surface area contributed by atoms with Crippen molar-refractivity contribution < 1.29 is 42.2 Å². The highest BCUT2D eigenvalue weighted by molar-refractivity contribution is 5.96. The monoisotopic (exact) mass is 395 g/mol. The van der Waals surface area contributed by atoms with Gasteiger partial charge in [-0.15, -0.1) is 0 Å². The molecule has 0 aliphatic rings. The Balaban J connectivity index is 0.00000364. The molecule has 2 unspecified atom stereocenters. The largest absolute Gasteiger partial charge is 1.00 e. The molecule has 7 heteroatoms. The summed E-state index contributed by atoms with van der Waals surface area (Å²) in [5.74, 6) is 1.28. The molecule has 27 heavy (non-hydrogen) atoms. The number of phenolic OH excluding ortho intramolecular Hbond substituents is 1. The minimum Gasteiger partial charge on any atom is -1.00 e. The number of ketones is 1. The van der Waals surface area contributed by atoms with Crippen LogP contribution in [0.25, 0.3) is 0 Å². The lowest BCUT2D eigenvalue weighted by Gasteiger charge is -2.17. The standard InChI is InChI=1S/C20H25NO5.ClH/c1-13(20(24)14-4-7-16(22)8-5-14)21-11-10-17(23)15-6-9-18(25-2)19(12-15)26-3;/h4-9,12-13,20-22,24H,10-11H2,1-3H3;1H. The van der Waals surface area contributed by atoms with Crippen LogP contribution < -0.4 is 27.2 Å². The number of benzene rings is 2. The maximum absolute atomic E-state index is 12.4. The van der Waals surface area contributed by atoms with Gasteiger partial charge in [0.1, 0.15) is 17.9 Å². The van der Waals surface area contributed by atoms with Crippen molar-refractivity contribution in [3.8, 4) is 17.2 Å². The van der Waals surface area contributed by atoms with Gasteiger partial charge in [-0.2, -0.15) is 0 Å². The summed E-state index contributed by atoms with van der Waals surface area (Å²) in [6.45, 7) is 2.46. The molecule has 0 saturated heterocycles. The fourth-order valence-electron chi connectivity index (χ4n) is 2.74. The maximum Gasteiger partial charge on any atom is 0.168 e. The second kappa shape index (κ2) is 10.8. The number of halogens is 1. The van der Waals surface area contributed by atoms with Crippen LogP contribution in [0.3, 0.4) is 0 Å². The zero-order valence-electron chi connectivity index (χ0n) is 15.7. The molecule has 0 aliphatic heterocycles. The lowest BCUT2D eigenvalue weighted by atomic mass is 10.0. The Morgan fingerprint density at radius 2 is 1.70 bits per heavy atom. The van der Waals surface area contributed by atoms with Gasteiger partial charge < -0.3 is 37.4 Å². The van der Waals surface area contributed by atoms with Crippen LogP contribution in [0.2, 0.25) is 0 Å². The summed E-state index contributed by atoms with van der Waals surface area (Å²) in [5, 5.41) is 21.6. The molecule has 0 spiro atoms. The van der Waals surface area contributed by atoms with Gasteiger partial charge >= 0.3 is 0 Å². The minimum atomic E-state index is -0.674. The summed E-state index contributed by atoms with van der Waals surface area (Å²) < 4.78 is 10.4. The summed E-state index contributed by atoms with van der Waals surface area (Å²) >= 11 is 0. The van der Waals surface area contributed by atoms with E-state index in [0.717, 1.165) is 5.56 Å². The van der Waals surface area contributed by atoms with Gasteiger partial charge in [0.15, 0.2) is 17.3 Å². The lowest BCUT2D eigenvalue weighted by Crippen LogP contribution is -3.00. The number of aliphatic hydroxyl groups is 1. The summed E-state index contributed by atoms with van der Waals surface area (Å²) in [6.07, 6.45) is -0.325. The molecule has 0 saturated carbocycles. The molecule has 0 amide bonds. The number of hydrogen-bond donors (Lipinski definition) is 3. The van der Waals surface area contributed by atoms with E-state index in [0.29, 0.717) is 30.0 Å². The van der Waals surface area contributed by atoms with Crippen LogP contribution in [-0.4, -0.2) is 42.8 Å². The van der Waals surface area contributed by atoms with Crippen LogP contribution in [-0.2, 0) is 0 Å². The van der Waals surface area contributed by atoms with Crippen LogP contribution >= 0.6 is 0 Å². The van der Waals surface area contributed by atoms with E-state index in [4.69, 9.17) is 9.47 Å². The van der Waals surface area contributed by atoms with Crippen molar-refractivity contribution in [3.05, 3.63) is 53.6 Å². The van der Waals surface area contributed by atoms with Crippen molar-refractivity contribution in [3.63, 3.8) is 0 Å². The number of aromatic hydroxyl groups is 1. The number of quaternary nitrogens is 1. The molecular weight excluding hydrogens is 370 g/mol. The first-order chi connectivity index (χ1) is 12.5. The SMILES string of the molecule is COc1ccc(C(=O)CC[NH2+]C(C)C(O)c2ccc(O)cc2)cc1OC.[Cl-]. The molecule has 0 fully saturated rings. The molecule has 0 aromatic heterocycles. The predicted octanol–water partition coefficient (Wildman–Crippen LogP) is -1.33. The van der Waals surface area contributed by atoms with Crippen LogP contribution in [0.5, 0.6) is 17.2 Å². The van der Waals surface area contributed by atoms with E-state index >= 15 is 0 Å². The van der Waals surface area contributed by atoms with Gasteiger partial charge in [0.2, 0.25) is 0 Å². The van der Waals surface area contributed by atoms with E-state index in [1.165, 1.54) is 7.11 Å². The van der Waals surface area contributed by atoms with Crippen molar-refractivity contribution in [1.82, 2.24) is 0 Å². The normalized spacial score (nSPS) is 12.6. The number of Topliss-reactive ketones (excluding diaryl/α,β-unsaturated/α-hetero) is 1. The Morgan fingerprint density at radius 1 is 1.07 bits per heavy atom. The van der Waals surface area contributed by atoms with Crippen molar-refractivity contribution in [2.45, 2.75) is 25.5 Å². The number of nitrogens with two attached hydrogens (primary N) is 1. The van der Waals surface area contributed by atoms with Crippen LogP contribution in [0.15, 0.2) is 42.5 Å². The fraction of sp³-hybridized carbons (Fsp3) is 0.350. The number of carbonyl (C=O) groups excluding carboxylic acids is 1. The molecule has 0 heterocycles. The quantitative estimate of drug-likeness (QED) is 0.458. The molecule has 2 rings (SSSR count). The number of aliphatic hydroxyl groups excluding tert-OH is 1. The van der Waals surface area contributed by atoms with Crippen LogP contribution in [0.1, 0.15) is 35.4 Å². The van der Waals surface area contributed by atoms with Gasteiger partial charge in [0.05, 0.1) is 27.2 Å². The molecule has 2 aromatic carbocycles. The topological polar surface area (TPSA) is 92.6 Å². The highest BCUT2D eigenvalue weighted by Crippen LogP contribution is 2.27. The first-order valence-corrected chi connectivity index (χ1v) is 8.51. The molecule has 2 atom stereocenters. The zero-order valence-corrected chi connectivity index (χ0v) is 16.4. The Bertz CT molecular complexity index is 736. The van der Waals surface area contributed by atoms with Crippen LogP contribution in [0.4, 0.5) is 0 Å². The summed E-state index contributed by atoms with van der Waals surface area (Å²) in [5.41, 5.74) is 1.31. The van der Waals surface area contributed by atoms with Crippen molar-refractivity contribution in [2.75, 3.05) is 20.8 Å². The van der Waals surface area contributed by atoms with E-state index in [9.17, 15) is 15.0 Å². The van der Waals surface area contributed by atoms with E-state index in [2.05, 4.69) is 0 Å². The maximum atomic E-state index is 12.4. The Morgan fingerprint density at radius 3 is 2.30 bits per heavy atom. The van der Waals surface area contributed by atoms with Gasteiger partial charge in [-0.1, -0.05) is 12.1 Å². The third-order valence-electron chi connectivity index (χ3n) is 4.35. The second-order valence-corrected chi connectivity index (χ2v) is 6.16. The third kappa shape index (κ3) is 6.13. The molecule has 0 bridgehead atoms. The summed E-state index contributed by atoms with van der Waals surface area (Å²) in [6, 6.07) is 11.5. The van der Waals surface area contributed by atoms with Crippen molar-refractivity contribution >= 4 is 5.78 Å². The molecular formula is C20H26ClNO5. The van der Waals surface area contributed by atoms with E-state index < -0.39 is 6.10 Å². The predicted molar refractivity (Wildman–Crippen MR) is 97.8 cm³/mol. The average molecular weight is 396 g/mol. The van der Waals surface area contributed by atoms with Crippen molar-refractivity contribution in [1.29, 1.82) is 0 Å². The van der Waals surface area contributed by atoms with Gasteiger partial charge in [-0.3, -0.25) is 4.79 Å². The smallest absolute Gasteiger partial charge is 0.168 e. The second-order valence-electron chi connectivity index (χ2n) is 6.16. The summed E-state index contributed by atoms with van der Waals surface area (Å²) in [4.78, 5) is 12.4. The zero-order chi connectivity index (χ0) is 19.1. The number of hydrogen-bond acceptors (Lipinski definition) is 5. The average Bonchev–Trinajstić information content (AvgIpc) is 2.67. The fourth-order valence-corrected chi connectivity index (χ4v) is 2.74. The van der Waals surface area contributed by atoms with E-state index in [1.54, 1.807) is 49.6 Å². The number of rotatable bonds is 9.